The molecule has 0 fully saturated rings. The van der Waals surface area contributed by atoms with Gasteiger partial charge in [0.1, 0.15) is 4.88 Å². The fourth-order valence-electron chi connectivity index (χ4n) is 2.69. The number of carbonyl (C=O) groups excluding carboxylic acids is 1. The van der Waals surface area contributed by atoms with E-state index >= 15 is 0 Å². The van der Waals surface area contributed by atoms with Crippen molar-refractivity contribution in [3.8, 4) is 0 Å². The lowest BCUT2D eigenvalue weighted by atomic mass is 9.91. The van der Waals surface area contributed by atoms with E-state index in [1.807, 2.05) is 13.0 Å². The zero-order chi connectivity index (χ0) is 14.8. The number of nitrogens with one attached hydrogen (secondary N) is 2. The highest BCUT2D eigenvalue weighted by Crippen LogP contribution is 2.28. The summed E-state index contributed by atoms with van der Waals surface area (Å²) in [5, 5.41) is 7.01. The molecule has 2 aromatic heterocycles. The first-order valence-corrected chi connectivity index (χ1v) is 7.80. The van der Waals surface area contributed by atoms with E-state index in [0.717, 1.165) is 47.7 Å². The van der Waals surface area contributed by atoms with Gasteiger partial charge >= 0.3 is 0 Å². The van der Waals surface area contributed by atoms with Crippen LogP contribution in [0.3, 0.4) is 0 Å². The summed E-state index contributed by atoms with van der Waals surface area (Å²) < 4.78 is 3.85. The second-order valence-corrected chi connectivity index (χ2v) is 5.83. The molecule has 0 bridgehead atoms. The Bertz CT molecular complexity index is 722. The maximum Gasteiger partial charge on any atom is 0.265 e. The minimum Gasteiger partial charge on any atom is -0.344 e. The molecule has 0 spiro atoms. The van der Waals surface area contributed by atoms with Crippen LogP contribution >= 0.6 is 11.5 Å². The number of aryl methyl sites for hydroxylation is 2. The van der Waals surface area contributed by atoms with Gasteiger partial charge in [-0.3, -0.25) is 9.59 Å². The first kappa shape index (κ1) is 13.9. The maximum absolute atomic E-state index is 12.4. The number of aromatic nitrogens is 3. The van der Waals surface area contributed by atoms with Crippen LogP contribution in [0.4, 0.5) is 0 Å². The number of hydrogen-bond acceptors (Lipinski definition) is 5. The van der Waals surface area contributed by atoms with Crippen molar-refractivity contribution in [2.24, 2.45) is 0 Å². The van der Waals surface area contributed by atoms with E-state index in [1.165, 1.54) is 6.07 Å². The lowest BCUT2D eigenvalue weighted by Crippen LogP contribution is -2.32. The van der Waals surface area contributed by atoms with Crippen molar-refractivity contribution in [3.05, 3.63) is 44.3 Å². The number of H-pyrrole nitrogens is 1. The highest BCUT2D eigenvalue weighted by atomic mass is 32.1. The summed E-state index contributed by atoms with van der Waals surface area (Å²) >= 11 is 1.12. The van der Waals surface area contributed by atoms with Crippen LogP contribution in [-0.2, 0) is 12.8 Å². The van der Waals surface area contributed by atoms with Gasteiger partial charge in [-0.05, 0) is 48.8 Å². The number of rotatable bonds is 3. The Balaban J connectivity index is 1.84. The number of carbonyl (C=O) groups is 1. The molecule has 1 aliphatic carbocycles. The average Bonchev–Trinajstić information content (AvgIpc) is 2.95. The maximum atomic E-state index is 12.4. The van der Waals surface area contributed by atoms with Gasteiger partial charge in [-0.25, -0.2) is 0 Å². The SMILES string of the molecule is CCc1nnsc1C(=O)N[C@@H]1CCCc2[nH]c(=O)ccc21. The highest BCUT2D eigenvalue weighted by Gasteiger charge is 2.24. The van der Waals surface area contributed by atoms with Gasteiger partial charge in [0.15, 0.2) is 0 Å². The fourth-order valence-corrected chi connectivity index (χ4v) is 3.34. The first-order valence-electron chi connectivity index (χ1n) is 7.03. The smallest absolute Gasteiger partial charge is 0.265 e. The van der Waals surface area contributed by atoms with Crippen LogP contribution < -0.4 is 10.9 Å². The molecule has 21 heavy (non-hydrogen) atoms. The molecular formula is C14H16N4O2S. The van der Waals surface area contributed by atoms with Crippen molar-refractivity contribution >= 4 is 17.4 Å². The van der Waals surface area contributed by atoms with Crippen LogP contribution in [-0.4, -0.2) is 20.5 Å². The van der Waals surface area contributed by atoms with Crippen LogP contribution in [0.25, 0.3) is 0 Å². The molecule has 0 aromatic carbocycles. The molecule has 0 aliphatic heterocycles. The van der Waals surface area contributed by atoms with E-state index in [2.05, 4.69) is 19.9 Å². The summed E-state index contributed by atoms with van der Waals surface area (Å²) in [6.07, 6.45) is 3.35. The molecule has 1 aliphatic rings. The van der Waals surface area contributed by atoms with Crippen LogP contribution in [0.15, 0.2) is 16.9 Å². The molecular weight excluding hydrogens is 288 g/mol. The standard InChI is InChI=1S/C14H16N4O2S/c1-2-9-13(21-18-17-9)14(20)16-11-5-3-4-10-8(11)6-7-12(19)15-10/h6-7,11H,2-5H2,1H3,(H,15,19)(H,16,20)/t11-/m1/s1. The van der Waals surface area contributed by atoms with Gasteiger partial charge in [-0.15, -0.1) is 5.10 Å². The van der Waals surface area contributed by atoms with Gasteiger partial charge in [0.05, 0.1) is 11.7 Å². The molecule has 0 saturated carbocycles. The molecule has 2 N–H and O–H groups in total. The van der Waals surface area contributed by atoms with Crippen molar-refractivity contribution in [1.82, 2.24) is 19.9 Å². The van der Waals surface area contributed by atoms with Gasteiger partial charge in [-0.2, -0.15) is 0 Å². The summed E-state index contributed by atoms with van der Waals surface area (Å²) in [5.74, 6) is -0.133. The number of nitrogens with zero attached hydrogens (tertiary/aromatic N) is 2. The Morgan fingerprint density at radius 2 is 2.38 bits per heavy atom. The van der Waals surface area contributed by atoms with Crippen molar-refractivity contribution < 1.29 is 4.79 Å². The Morgan fingerprint density at radius 3 is 3.19 bits per heavy atom. The van der Waals surface area contributed by atoms with E-state index in [-0.39, 0.29) is 17.5 Å². The molecule has 6 nitrogen and oxygen atoms in total. The summed E-state index contributed by atoms with van der Waals surface area (Å²) in [5.41, 5.74) is 2.57. The van der Waals surface area contributed by atoms with E-state index in [4.69, 9.17) is 0 Å². The topological polar surface area (TPSA) is 87.7 Å². The molecule has 0 saturated heterocycles. The second kappa shape index (κ2) is 5.77. The van der Waals surface area contributed by atoms with E-state index < -0.39 is 0 Å². The predicted molar refractivity (Wildman–Crippen MR) is 79.5 cm³/mol. The van der Waals surface area contributed by atoms with Crippen LogP contribution in [0.2, 0.25) is 0 Å². The minimum absolute atomic E-state index is 0.0649. The van der Waals surface area contributed by atoms with E-state index in [1.54, 1.807) is 0 Å². The minimum atomic E-state index is -0.133. The Morgan fingerprint density at radius 1 is 1.52 bits per heavy atom. The number of aromatic amines is 1. The predicted octanol–water partition coefficient (Wildman–Crippen LogP) is 1.60. The number of pyridine rings is 1. The second-order valence-electron chi connectivity index (χ2n) is 5.08. The third kappa shape index (κ3) is 2.73. The monoisotopic (exact) mass is 304 g/mol. The largest absolute Gasteiger partial charge is 0.344 e. The molecule has 2 aromatic rings. The van der Waals surface area contributed by atoms with Gasteiger partial charge < -0.3 is 10.3 Å². The molecule has 1 amide bonds. The van der Waals surface area contributed by atoms with Crippen LogP contribution in [0.5, 0.6) is 0 Å². The molecule has 110 valence electrons. The summed E-state index contributed by atoms with van der Waals surface area (Å²) in [6.45, 7) is 1.95. The molecule has 1 atom stereocenters. The van der Waals surface area contributed by atoms with Crippen molar-refractivity contribution in [1.29, 1.82) is 0 Å². The lowest BCUT2D eigenvalue weighted by Gasteiger charge is -2.25. The molecule has 0 unspecified atom stereocenters. The number of amides is 1. The van der Waals surface area contributed by atoms with Crippen LogP contribution in [0.1, 0.15) is 52.4 Å². The van der Waals surface area contributed by atoms with Crippen LogP contribution in [0, 0.1) is 0 Å². The summed E-state index contributed by atoms with van der Waals surface area (Å²) in [6, 6.07) is 3.25. The Kier molecular flexibility index (Phi) is 3.83. The number of fused-ring (bicyclic) bond motifs is 1. The Hall–Kier alpha value is -2.02. The zero-order valence-corrected chi connectivity index (χ0v) is 12.5. The van der Waals surface area contributed by atoms with Gasteiger partial charge in [0, 0.05) is 11.8 Å². The van der Waals surface area contributed by atoms with Gasteiger partial charge in [0.2, 0.25) is 5.56 Å². The van der Waals surface area contributed by atoms with Crippen molar-refractivity contribution in [2.45, 2.75) is 38.6 Å². The fraction of sp³-hybridized carbons (Fsp3) is 0.429. The normalized spacial score (nSPS) is 17.3. The number of hydrogen-bond donors (Lipinski definition) is 2. The molecule has 2 heterocycles. The first-order chi connectivity index (χ1) is 10.2. The Labute approximate surface area is 125 Å². The van der Waals surface area contributed by atoms with Gasteiger partial charge in [-0.1, -0.05) is 11.4 Å². The van der Waals surface area contributed by atoms with Gasteiger partial charge in [0.25, 0.3) is 5.91 Å². The van der Waals surface area contributed by atoms with Crippen molar-refractivity contribution in [2.75, 3.05) is 0 Å². The molecule has 7 heteroatoms. The lowest BCUT2D eigenvalue weighted by molar-refractivity contribution is 0.0935. The molecule has 3 rings (SSSR count). The zero-order valence-electron chi connectivity index (χ0n) is 11.7. The quantitative estimate of drug-likeness (QED) is 0.901. The average molecular weight is 304 g/mol. The van der Waals surface area contributed by atoms with Crippen molar-refractivity contribution in [3.63, 3.8) is 0 Å². The third-order valence-electron chi connectivity index (χ3n) is 3.73. The summed E-state index contributed by atoms with van der Waals surface area (Å²) in [7, 11) is 0. The third-order valence-corrected chi connectivity index (χ3v) is 4.50. The van der Waals surface area contributed by atoms with E-state index in [9.17, 15) is 9.59 Å². The van der Waals surface area contributed by atoms with E-state index in [0.29, 0.717) is 11.3 Å². The molecule has 0 radical (unpaired) electrons. The summed E-state index contributed by atoms with van der Waals surface area (Å²) in [4.78, 5) is 27.2. The highest BCUT2D eigenvalue weighted by molar-refractivity contribution is 7.08.